The molecule has 8 heteroatoms. The molecule has 0 unspecified atom stereocenters. The molecule has 0 amide bonds. The first-order valence-electron chi connectivity index (χ1n) is 8.49. The van der Waals surface area contributed by atoms with E-state index in [9.17, 15) is 8.42 Å². The lowest BCUT2D eigenvalue weighted by Crippen LogP contribution is -2.29. The van der Waals surface area contributed by atoms with Gasteiger partial charge in [0.15, 0.2) is 5.82 Å². The van der Waals surface area contributed by atoms with Crippen molar-refractivity contribution in [3.63, 3.8) is 0 Å². The molecule has 2 rings (SSSR count). The van der Waals surface area contributed by atoms with Crippen LogP contribution in [0, 0.1) is 0 Å². The molecule has 25 heavy (non-hydrogen) atoms. The molecule has 7 nitrogen and oxygen atoms in total. The molecule has 0 aliphatic rings. The van der Waals surface area contributed by atoms with Gasteiger partial charge in [-0.05, 0) is 51.8 Å². The Hall–Kier alpha value is -1.93. The van der Waals surface area contributed by atoms with Crippen LogP contribution in [0.2, 0.25) is 0 Å². The van der Waals surface area contributed by atoms with Gasteiger partial charge in [0, 0.05) is 6.54 Å². The summed E-state index contributed by atoms with van der Waals surface area (Å²) in [5, 5.41) is 8.14. The van der Waals surface area contributed by atoms with Crippen molar-refractivity contribution < 1.29 is 13.2 Å². The van der Waals surface area contributed by atoms with Gasteiger partial charge in [-0.25, -0.2) is 13.1 Å². The van der Waals surface area contributed by atoms with E-state index in [-0.39, 0.29) is 11.0 Å². The third-order valence-electron chi connectivity index (χ3n) is 3.76. The highest BCUT2D eigenvalue weighted by Gasteiger charge is 2.24. The number of nitrogens with one attached hydrogen (secondary N) is 1. The van der Waals surface area contributed by atoms with Crippen molar-refractivity contribution >= 4 is 10.0 Å². The smallest absolute Gasteiger partial charge is 0.317 e. The molecule has 0 spiro atoms. The SMILES string of the molecule is CCc1ccc(S(=O)(=O)N[C@H](C)c2nnc(OC(C)C)n2CC)cc1. The normalized spacial score (nSPS) is 13.2. The molecule has 1 N–H and O–H groups in total. The topological polar surface area (TPSA) is 86.1 Å². The maximum atomic E-state index is 12.6. The third-order valence-corrected chi connectivity index (χ3v) is 5.32. The van der Waals surface area contributed by atoms with Crippen LogP contribution in [0.4, 0.5) is 0 Å². The van der Waals surface area contributed by atoms with E-state index in [1.54, 1.807) is 23.6 Å². The minimum Gasteiger partial charge on any atom is -0.461 e. The Kier molecular flexibility index (Phi) is 6.18. The van der Waals surface area contributed by atoms with Crippen molar-refractivity contribution in [2.75, 3.05) is 0 Å². The third kappa shape index (κ3) is 4.58. The zero-order valence-electron chi connectivity index (χ0n) is 15.4. The maximum Gasteiger partial charge on any atom is 0.317 e. The second-order valence-corrected chi connectivity index (χ2v) is 7.81. The number of rotatable bonds is 8. The van der Waals surface area contributed by atoms with Gasteiger partial charge in [0.05, 0.1) is 17.0 Å². The Morgan fingerprint density at radius 1 is 1.12 bits per heavy atom. The average Bonchev–Trinajstić information content (AvgIpc) is 2.96. The summed E-state index contributed by atoms with van der Waals surface area (Å²) in [7, 11) is -3.64. The van der Waals surface area contributed by atoms with Gasteiger partial charge >= 0.3 is 6.01 Å². The van der Waals surface area contributed by atoms with Gasteiger partial charge in [-0.3, -0.25) is 4.57 Å². The molecule has 1 aromatic carbocycles. The number of aryl methyl sites for hydroxylation is 1. The highest BCUT2D eigenvalue weighted by atomic mass is 32.2. The molecule has 138 valence electrons. The van der Waals surface area contributed by atoms with E-state index in [1.807, 2.05) is 39.8 Å². The van der Waals surface area contributed by atoms with E-state index >= 15 is 0 Å². The minimum atomic E-state index is -3.64. The van der Waals surface area contributed by atoms with Gasteiger partial charge in [-0.2, -0.15) is 0 Å². The standard InChI is InChI=1S/C17H26N4O3S/c1-6-14-8-10-15(11-9-14)25(22,23)20-13(5)16-18-19-17(21(16)7-2)24-12(3)4/h8-13,20H,6-7H2,1-5H3/t13-/m1/s1. The van der Waals surface area contributed by atoms with Crippen molar-refractivity contribution in [2.45, 2.75) is 64.6 Å². The summed E-state index contributed by atoms with van der Waals surface area (Å²) >= 11 is 0. The first-order valence-corrected chi connectivity index (χ1v) is 9.97. The van der Waals surface area contributed by atoms with Gasteiger partial charge in [0.2, 0.25) is 10.0 Å². The number of hydrogen-bond acceptors (Lipinski definition) is 5. The van der Waals surface area contributed by atoms with Crippen LogP contribution in [0.25, 0.3) is 0 Å². The van der Waals surface area contributed by atoms with Crippen LogP contribution in [0.1, 0.15) is 52.0 Å². The van der Waals surface area contributed by atoms with Crippen LogP contribution < -0.4 is 9.46 Å². The molecule has 0 fully saturated rings. The Labute approximate surface area is 149 Å². The van der Waals surface area contributed by atoms with Crippen molar-refractivity contribution in [1.82, 2.24) is 19.5 Å². The zero-order valence-corrected chi connectivity index (χ0v) is 16.2. The molecule has 1 heterocycles. The number of nitrogens with zero attached hydrogens (tertiary/aromatic N) is 3. The highest BCUT2D eigenvalue weighted by Crippen LogP contribution is 2.20. The van der Waals surface area contributed by atoms with Crippen LogP contribution in [0.3, 0.4) is 0 Å². The number of sulfonamides is 1. The largest absolute Gasteiger partial charge is 0.461 e. The van der Waals surface area contributed by atoms with Crippen LogP contribution >= 0.6 is 0 Å². The summed E-state index contributed by atoms with van der Waals surface area (Å²) < 4.78 is 35.3. The summed E-state index contributed by atoms with van der Waals surface area (Å²) in [5.41, 5.74) is 1.09. The molecular weight excluding hydrogens is 340 g/mol. The lowest BCUT2D eigenvalue weighted by atomic mass is 10.2. The van der Waals surface area contributed by atoms with Crippen molar-refractivity contribution in [3.05, 3.63) is 35.7 Å². The molecule has 0 aliphatic heterocycles. The van der Waals surface area contributed by atoms with E-state index in [0.717, 1.165) is 12.0 Å². The second kappa shape index (κ2) is 7.97. The van der Waals surface area contributed by atoms with Gasteiger partial charge in [-0.15, -0.1) is 5.10 Å². The van der Waals surface area contributed by atoms with E-state index in [0.29, 0.717) is 18.4 Å². The molecule has 0 saturated heterocycles. The first kappa shape index (κ1) is 19.4. The Morgan fingerprint density at radius 3 is 2.28 bits per heavy atom. The van der Waals surface area contributed by atoms with Crippen molar-refractivity contribution in [3.8, 4) is 6.01 Å². The number of hydrogen-bond donors (Lipinski definition) is 1. The van der Waals surface area contributed by atoms with Crippen LogP contribution in [0.15, 0.2) is 29.2 Å². The molecule has 2 aromatic rings. The fraction of sp³-hybridized carbons (Fsp3) is 0.529. The monoisotopic (exact) mass is 366 g/mol. The Bertz CT molecular complexity index is 798. The predicted molar refractivity (Wildman–Crippen MR) is 96.0 cm³/mol. The van der Waals surface area contributed by atoms with Crippen molar-refractivity contribution in [1.29, 1.82) is 0 Å². The number of benzene rings is 1. The Morgan fingerprint density at radius 2 is 1.76 bits per heavy atom. The van der Waals surface area contributed by atoms with Gasteiger partial charge < -0.3 is 4.74 Å². The van der Waals surface area contributed by atoms with Gasteiger partial charge in [0.25, 0.3) is 0 Å². The zero-order chi connectivity index (χ0) is 18.6. The van der Waals surface area contributed by atoms with Gasteiger partial charge in [0.1, 0.15) is 0 Å². The van der Waals surface area contributed by atoms with Crippen LogP contribution in [-0.2, 0) is 23.0 Å². The molecule has 1 atom stereocenters. The summed E-state index contributed by atoms with van der Waals surface area (Å²) in [4.78, 5) is 0.234. The van der Waals surface area contributed by atoms with Gasteiger partial charge in [-0.1, -0.05) is 24.2 Å². The van der Waals surface area contributed by atoms with Crippen molar-refractivity contribution in [2.24, 2.45) is 0 Å². The summed E-state index contributed by atoms with van der Waals surface area (Å²) in [6.45, 7) is 10.1. The molecule has 0 saturated carbocycles. The van der Waals surface area contributed by atoms with E-state index in [1.165, 1.54) is 0 Å². The van der Waals surface area contributed by atoms with Crippen LogP contribution in [0.5, 0.6) is 6.01 Å². The van der Waals surface area contributed by atoms with E-state index in [2.05, 4.69) is 14.9 Å². The summed E-state index contributed by atoms with van der Waals surface area (Å²) in [6, 6.07) is 6.74. The van der Waals surface area contributed by atoms with Crippen LogP contribution in [-0.4, -0.2) is 29.3 Å². The number of ether oxygens (including phenoxy) is 1. The summed E-state index contributed by atoms with van der Waals surface area (Å²) in [6.07, 6.45) is 0.828. The Balaban J connectivity index is 2.23. The fourth-order valence-corrected chi connectivity index (χ4v) is 3.67. The first-order chi connectivity index (χ1) is 11.8. The number of aromatic nitrogens is 3. The highest BCUT2D eigenvalue weighted by molar-refractivity contribution is 7.89. The molecule has 1 aromatic heterocycles. The lowest BCUT2D eigenvalue weighted by molar-refractivity contribution is 0.211. The molecule has 0 aliphatic carbocycles. The second-order valence-electron chi connectivity index (χ2n) is 6.09. The maximum absolute atomic E-state index is 12.6. The molecule has 0 bridgehead atoms. The quantitative estimate of drug-likeness (QED) is 0.776. The van der Waals surface area contributed by atoms with E-state index in [4.69, 9.17) is 4.74 Å². The van der Waals surface area contributed by atoms with E-state index < -0.39 is 16.1 Å². The fourth-order valence-electron chi connectivity index (χ4n) is 2.47. The molecule has 0 radical (unpaired) electrons. The molecular formula is C17H26N4O3S. The average molecular weight is 366 g/mol. The lowest BCUT2D eigenvalue weighted by Gasteiger charge is -2.16. The predicted octanol–water partition coefficient (Wildman–Crippen LogP) is 2.69. The summed E-state index contributed by atoms with van der Waals surface area (Å²) in [5.74, 6) is 0.520. The minimum absolute atomic E-state index is 0.0357.